The van der Waals surface area contributed by atoms with Crippen LogP contribution in [0.5, 0.6) is 5.75 Å². The van der Waals surface area contributed by atoms with Crippen LogP contribution in [-0.2, 0) is 10.0 Å². The van der Waals surface area contributed by atoms with Gasteiger partial charge in [-0.05, 0) is 12.5 Å². The van der Waals surface area contributed by atoms with E-state index in [0.717, 1.165) is 37.4 Å². The number of benzene rings is 1. The summed E-state index contributed by atoms with van der Waals surface area (Å²) in [6, 6.07) is 7.89. The molecule has 1 atom stereocenters. The molecule has 1 fully saturated rings. The van der Waals surface area contributed by atoms with Crippen molar-refractivity contribution in [2.24, 2.45) is 0 Å². The first-order chi connectivity index (χ1) is 9.98. The third kappa shape index (κ3) is 5.15. The van der Waals surface area contributed by atoms with Gasteiger partial charge < -0.3 is 4.74 Å². The zero-order chi connectivity index (χ0) is 15.3. The van der Waals surface area contributed by atoms with Crippen LogP contribution in [0, 0.1) is 0 Å². The molecule has 21 heavy (non-hydrogen) atoms. The van der Waals surface area contributed by atoms with Gasteiger partial charge in [-0.15, -0.1) is 0 Å². The molecule has 0 unspecified atom stereocenters. The van der Waals surface area contributed by atoms with E-state index in [1.165, 1.54) is 6.26 Å². The third-order valence-electron chi connectivity index (χ3n) is 3.45. The second-order valence-electron chi connectivity index (χ2n) is 5.28. The van der Waals surface area contributed by atoms with Gasteiger partial charge in [-0.2, -0.15) is 0 Å². The zero-order valence-electron chi connectivity index (χ0n) is 12.5. The number of hydrogen-bond acceptors (Lipinski definition) is 4. The maximum atomic E-state index is 11.2. The topological polar surface area (TPSA) is 58.6 Å². The number of nitrogens with one attached hydrogen (secondary N) is 1. The first kappa shape index (κ1) is 16.0. The second kappa shape index (κ2) is 7.06. The van der Waals surface area contributed by atoms with E-state index < -0.39 is 10.0 Å². The summed E-state index contributed by atoms with van der Waals surface area (Å²) in [5.41, 5.74) is 1.05. The molecule has 1 aromatic rings. The van der Waals surface area contributed by atoms with E-state index in [2.05, 4.69) is 15.7 Å². The lowest BCUT2D eigenvalue weighted by Crippen LogP contribution is -2.36. The van der Waals surface area contributed by atoms with E-state index in [9.17, 15) is 8.42 Å². The van der Waals surface area contributed by atoms with Crippen LogP contribution in [-0.4, -0.2) is 52.4 Å². The Balaban J connectivity index is 1.85. The molecule has 0 aliphatic carbocycles. The largest absolute Gasteiger partial charge is 0.496 e. The van der Waals surface area contributed by atoms with Crippen molar-refractivity contribution in [3.05, 3.63) is 35.9 Å². The molecule has 6 heteroatoms. The minimum atomic E-state index is -3.11. The minimum Gasteiger partial charge on any atom is -0.496 e. The zero-order valence-corrected chi connectivity index (χ0v) is 13.3. The molecule has 1 aliphatic rings. The number of methoxy groups -OCH3 is 1. The molecule has 1 aliphatic heterocycles. The summed E-state index contributed by atoms with van der Waals surface area (Å²) in [5, 5.41) is 0. The Kier molecular flexibility index (Phi) is 5.39. The lowest BCUT2D eigenvalue weighted by molar-refractivity contribution is 0.369. The number of hydrogen-bond donors (Lipinski definition) is 1. The van der Waals surface area contributed by atoms with E-state index in [4.69, 9.17) is 4.74 Å². The Bertz CT molecular complexity index is 599. The van der Waals surface area contributed by atoms with Crippen molar-refractivity contribution >= 4 is 16.1 Å². The molecule has 0 saturated carbocycles. The van der Waals surface area contributed by atoms with Crippen molar-refractivity contribution in [1.82, 2.24) is 9.62 Å². The van der Waals surface area contributed by atoms with Gasteiger partial charge in [0, 0.05) is 31.2 Å². The number of sulfonamides is 1. The molecule has 1 N–H and O–H groups in total. The van der Waals surface area contributed by atoms with Gasteiger partial charge in [-0.1, -0.05) is 30.4 Å². The molecule has 116 valence electrons. The molecular weight excluding hydrogens is 288 g/mol. The van der Waals surface area contributed by atoms with Gasteiger partial charge in [0.2, 0.25) is 10.0 Å². The van der Waals surface area contributed by atoms with Crippen LogP contribution in [0.4, 0.5) is 0 Å². The number of rotatable bonds is 6. The average Bonchev–Trinajstić information content (AvgIpc) is 2.84. The molecule has 2 rings (SSSR count). The molecule has 0 aromatic heterocycles. The van der Waals surface area contributed by atoms with Crippen molar-refractivity contribution in [3.8, 4) is 5.75 Å². The fourth-order valence-electron chi connectivity index (χ4n) is 2.53. The van der Waals surface area contributed by atoms with Crippen LogP contribution >= 0.6 is 0 Å². The van der Waals surface area contributed by atoms with E-state index in [0.29, 0.717) is 0 Å². The predicted molar refractivity (Wildman–Crippen MR) is 84.9 cm³/mol. The molecule has 0 bridgehead atoms. The van der Waals surface area contributed by atoms with Crippen molar-refractivity contribution in [3.63, 3.8) is 0 Å². The number of likely N-dealkylation sites (tertiary alicyclic amines) is 1. The van der Waals surface area contributed by atoms with Gasteiger partial charge in [0.15, 0.2) is 0 Å². The maximum Gasteiger partial charge on any atom is 0.208 e. The normalized spacial score (nSPS) is 20.2. The standard InChI is InChI=1S/C15H22N2O3S/c1-20-15-8-4-3-6-13(15)7-5-10-17-11-9-14(12-17)16-21(2,18)19/h3-8,14,16H,9-12H2,1-2H3/b7-5+/t14-/m0/s1. The second-order valence-corrected chi connectivity index (χ2v) is 7.06. The first-order valence-electron chi connectivity index (χ1n) is 6.97. The monoisotopic (exact) mass is 310 g/mol. The number of nitrogens with zero attached hydrogens (tertiary/aromatic N) is 1. The van der Waals surface area contributed by atoms with Crippen molar-refractivity contribution in [2.45, 2.75) is 12.5 Å². The molecule has 5 nitrogen and oxygen atoms in total. The van der Waals surface area contributed by atoms with Crippen LogP contribution in [0.3, 0.4) is 0 Å². The van der Waals surface area contributed by atoms with Crippen LogP contribution in [0.1, 0.15) is 12.0 Å². The van der Waals surface area contributed by atoms with Gasteiger partial charge in [-0.3, -0.25) is 4.90 Å². The lowest BCUT2D eigenvalue weighted by atomic mass is 10.2. The predicted octanol–water partition coefficient (Wildman–Crippen LogP) is 1.33. The quantitative estimate of drug-likeness (QED) is 0.861. The Morgan fingerprint density at radius 3 is 2.90 bits per heavy atom. The Morgan fingerprint density at radius 2 is 2.19 bits per heavy atom. The Labute approximate surface area is 126 Å². The fraction of sp³-hybridized carbons (Fsp3) is 0.467. The highest BCUT2D eigenvalue weighted by Crippen LogP contribution is 2.19. The van der Waals surface area contributed by atoms with E-state index in [1.807, 2.05) is 30.3 Å². The van der Waals surface area contributed by atoms with Gasteiger partial charge in [0.25, 0.3) is 0 Å². The van der Waals surface area contributed by atoms with Crippen LogP contribution < -0.4 is 9.46 Å². The summed E-state index contributed by atoms with van der Waals surface area (Å²) >= 11 is 0. The summed E-state index contributed by atoms with van der Waals surface area (Å²) in [6.07, 6.45) is 6.18. The fourth-order valence-corrected chi connectivity index (χ4v) is 3.33. The summed E-state index contributed by atoms with van der Waals surface area (Å²) in [6.45, 7) is 2.47. The van der Waals surface area contributed by atoms with Crippen LogP contribution in [0.15, 0.2) is 30.3 Å². The Morgan fingerprint density at radius 1 is 1.43 bits per heavy atom. The van der Waals surface area contributed by atoms with E-state index in [-0.39, 0.29) is 6.04 Å². The van der Waals surface area contributed by atoms with E-state index >= 15 is 0 Å². The average molecular weight is 310 g/mol. The number of ether oxygens (including phenoxy) is 1. The van der Waals surface area contributed by atoms with Crippen LogP contribution in [0.25, 0.3) is 6.08 Å². The highest BCUT2D eigenvalue weighted by molar-refractivity contribution is 7.88. The summed E-state index contributed by atoms with van der Waals surface area (Å²) < 4.78 is 30.4. The van der Waals surface area contributed by atoms with Crippen molar-refractivity contribution in [1.29, 1.82) is 0 Å². The van der Waals surface area contributed by atoms with Gasteiger partial charge in [0.05, 0.1) is 13.4 Å². The van der Waals surface area contributed by atoms with Crippen LogP contribution in [0.2, 0.25) is 0 Å². The van der Waals surface area contributed by atoms with Gasteiger partial charge >= 0.3 is 0 Å². The molecule has 1 aromatic carbocycles. The van der Waals surface area contributed by atoms with Crippen molar-refractivity contribution < 1.29 is 13.2 Å². The summed E-state index contributed by atoms with van der Waals surface area (Å²) in [5.74, 6) is 0.854. The first-order valence-corrected chi connectivity index (χ1v) is 8.86. The molecule has 1 saturated heterocycles. The van der Waals surface area contributed by atoms with E-state index in [1.54, 1.807) is 7.11 Å². The maximum absolute atomic E-state index is 11.2. The smallest absolute Gasteiger partial charge is 0.208 e. The molecule has 1 heterocycles. The van der Waals surface area contributed by atoms with Gasteiger partial charge in [0.1, 0.15) is 5.75 Å². The van der Waals surface area contributed by atoms with Gasteiger partial charge in [-0.25, -0.2) is 13.1 Å². The molecule has 0 radical (unpaired) electrons. The van der Waals surface area contributed by atoms with Crippen molar-refractivity contribution in [2.75, 3.05) is 33.0 Å². The highest BCUT2D eigenvalue weighted by atomic mass is 32.2. The molecule has 0 spiro atoms. The lowest BCUT2D eigenvalue weighted by Gasteiger charge is -2.14. The molecular formula is C15H22N2O3S. The Hall–Kier alpha value is -1.37. The SMILES string of the molecule is COc1ccccc1/C=C/CN1CC[C@H](NS(C)(=O)=O)C1. The minimum absolute atomic E-state index is 0.0275. The third-order valence-corrected chi connectivity index (χ3v) is 4.21. The summed E-state index contributed by atoms with van der Waals surface area (Å²) in [7, 11) is -1.45. The number of para-hydroxylation sites is 1. The summed E-state index contributed by atoms with van der Waals surface area (Å²) in [4.78, 5) is 2.23. The molecule has 0 amide bonds. The highest BCUT2D eigenvalue weighted by Gasteiger charge is 2.23.